The maximum atomic E-state index is 12.2. The summed E-state index contributed by atoms with van der Waals surface area (Å²) in [7, 11) is 0. The Kier molecular flexibility index (Phi) is 5.39. The van der Waals surface area contributed by atoms with E-state index in [1.54, 1.807) is 31.2 Å². The summed E-state index contributed by atoms with van der Waals surface area (Å²) in [5.41, 5.74) is 7.22. The average molecular weight is 377 g/mol. The van der Waals surface area contributed by atoms with Crippen molar-refractivity contribution in [1.29, 1.82) is 0 Å². The summed E-state index contributed by atoms with van der Waals surface area (Å²) in [5.74, 6) is -0.199. The number of benzene rings is 2. The first-order valence-electron chi connectivity index (χ1n) is 7.00. The van der Waals surface area contributed by atoms with E-state index in [1.165, 1.54) is 0 Å². The van der Waals surface area contributed by atoms with Crippen molar-refractivity contribution < 1.29 is 14.3 Å². The van der Waals surface area contributed by atoms with Crippen molar-refractivity contribution in [2.24, 2.45) is 5.73 Å². The third kappa shape index (κ3) is 4.56. The van der Waals surface area contributed by atoms with Gasteiger partial charge >= 0.3 is 0 Å². The number of hydrogen-bond donors (Lipinski definition) is 2. The molecule has 0 aliphatic rings. The Hall–Kier alpha value is -2.34. The van der Waals surface area contributed by atoms with Crippen molar-refractivity contribution in [3.05, 3.63) is 58.1 Å². The molecular formula is C17H17BrN2O3. The quantitative estimate of drug-likeness (QED) is 0.839. The number of carbonyl (C=O) groups is 2. The molecule has 0 spiro atoms. The van der Waals surface area contributed by atoms with Gasteiger partial charge in [0, 0.05) is 11.3 Å². The Morgan fingerprint density at radius 1 is 1.17 bits per heavy atom. The molecule has 5 nitrogen and oxygen atoms in total. The highest BCUT2D eigenvalue weighted by molar-refractivity contribution is 9.10. The van der Waals surface area contributed by atoms with Gasteiger partial charge in [-0.1, -0.05) is 6.07 Å². The van der Waals surface area contributed by atoms with Crippen LogP contribution in [0.3, 0.4) is 0 Å². The van der Waals surface area contributed by atoms with Crippen molar-refractivity contribution in [3.8, 4) is 5.75 Å². The number of halogens is 1. The molecule has 120 valence electrons. The molecule has 2 rings (SSSR count). The van der Waals surface area contributed by atoms with Gasteiger partial charge in [0.15, 0.2) is 6.10 Å². The second-order valence-corrected chi connectivity index (χ2v) is 5.98. The van der Waals surface area contributed by atoms with Gasteiger partial charge in [0.25, 0.3) is 5.91 Å². The summed E-state index contributed by atoms with van der Waals surface area (Å²) in [5, 5.41) is 2.73. The topological polar surface area (TPSA) is 81.4 Å². The molecule has 0 radical (unpaired) electrons. The van der Waals surface area contributed by atoms with Crippen LogP contribution in [0.4, 0.5) is 5.69 Å². The first-order valence-corrected chi connectivity index (χ1v) is 7.79. The van der Waals surface area contributed by atoms with Crippen molar-refractivity contribution in [3.63, 3.8) is 0 Å². The fourth-order valence-electron chi connectivity index (χ4n) is 1.91. The first-order chi connectivity index (χ1) is 10.9. The third-order valence-electron chi connectivity index (χ3n) is 3.20. The van der Waals surface area contributed by atoms with E-state index in [2.05, 4.69) is 21.2 Å². The number of ether oxygens (including phenoxy) is 1. The number of carbonyl (C=O) groups excluding carboxylic acids is 2. The minimum Gasteiger partial charge on any atom is -0.480 e. The Morgan fingerprint density at radius 3 is 2.39 bits per heavy atom. The summed E-state index contributed by atoms with van der Waals surface area (Å²) in [6.07, 6.45) is -0.676. The van der Waals surface area contributed by atoms with Crippen LogP contribution in [0.25, 0.3) is 0 Å². The minimum absolute atomic E-state index is 0.288. The molecule has 23 heavy (non-hydrogen) atoms. The molecule has 0 unspecified atom stereocenters. The Bertz CT molecular complexity index is 729. The second-order valence-electron chi connectivity index (χ2n) is 5.12. The molecule has 0 aromatic heterocycles. The van der Waals surface area contributed by atoms with Crippen molar-refractivity contribution in [2.75, 3.05) is 5.32 Å². The predicted octanol–water partition coefficient (Wildman–Crippen LogP) is 3.26. The molecule has 0 heterocycles. The van der Waals surface area contributed by atoms with E-state index >= 15 is 0 Å². The zero-order valence-electron chi connectivity index (χ0n) is 12.8. The Labute approximate surface area is 143 Å². The van der Waals surface area contributed by atoms with Gasteiger partial charge in [0.2, 0.25) is 5.91 Å². The summed E-state index contributed by atoms with van der Waals surface area (Å²) in [4.78, 5) is 23.2. The largest absolute Gasteiger partial charge is 0.480 e. The Balaban J connectivity index is 2.00. The van der Waals surface area contributed by atoms with E-state index in [-0.39, 0.29) is 5.91 Å². The molecule has 2 aromatic rings. The zero-order valence-corrected chi connectivity index (χ0v) is 14.4. The highest BCUT2D eigenvalue weighted by Gasteiger charge is 2.16. The van der Waals surface area contributed by atoms with Crippen LogP contribution in [-0.2, 0) is 4.79 Å². The summed E-state index contributed by atoms with van der Waals surface area (Å²) in [6, 6.07) is 12.0. The number of amides is 2. The van der Waals surface area contributed by atoms with Gasteiger partial charge in [-0.15, -0.1) is 0 Å². The van der Waals surface area contributed by atoms with Crippen molar-refractivity contribution >= 4 is 33.4 Å². The molecule has 0 fully saturated rings. The lowest BCUT2D eigenvalue weighted by atomic mass is 10.2. The van der Waals surface area contributed by atoms with Crippen molar-refractivity contribution in [1.82, 2.24) is 0 Å². The molecule has 2 amide bonds. The number of aryl methyl sites for hydroxylation is 1. The summed E-state index contributed by atoms with van der Waals surface area (Å²) < 4.78 is 6.46. The number of primary amides is 1. The molecule has 0 saturated carbocycles. The SMILES string of the molecule is Cc1ccc(O[C@H](C)C(=O)Nc2ccc(C(N)=O)cc2)c(Br)c1. The van der Waals surface area contributed by atoms with Crippen LogP contribution < -0.4 is 15.8 Å². The van der Waals surface area contributed by atoms with Crippen LogP contribution in [0.1, 0.15) is 22.8 Å². The van der Waals surface area contributed by atoms with Gasteiger partial charge in [0.05, 0.1) is 4.47 Å². The lowest BCUT2D eigenvalue weighted by Gasteiger charge is -2.16. The van der Waals surface area contributed by atoms with Crippen LogP contribution in [-0.4, -0.2) is 17.9 Å². The number of nitrogens with two attached hydrogens (primary N) is 1. The fourth-order valence-corrected chi connectivity index (χ4v) is 2.49. The molecule has 0 aliphatic heterocycles. The number of rotatable bonds is 5. The van der Waals surface area contributed by atoms with Gasteiger partial charge in [-0.05, 0) is 71.7 Å². The molecule has 2 aromatic carbocycles. The maximum Gasteiger partial charge on any atom is 0.265 e. The molecular weight excluding hydrogens is 360 g/mol. The third-order valence-corrected chi connectivity index (χ3v) is 3.82. The monoisotopic (exact) mass is 376 g/mol. The normalized spacial score (nSPS) is 11.6. The number of hydrogen-bond acceptors (Lipinski definition) is 3. The number of nitrogens with one attached hydrogen (secondary N) is 1. The molecule has 1 atom stereocenters. The summed E-state index contributed by atoms with van der Waals surface area (Å²) in [6.45, 7) is 3.64. The lowest BCUT2D eigenvalue weighted by Crippen LogP contribution is -2.30. The number of anilines is 1. The van der Waals surface area contributed by atoms with Gasteiger partial charge in [0.1, 0.15) is 5.75 Å². The standard InChI is InChI=1S/C17H17BrN2O3/c1-10-3-8-15(14(18)9-10)23-11(2)17(22)20-13-6-4-12(5-7-13)16(19)21/h3-9,11H,1-2H3,(H2,19,21)(H,20,22)/t11-/m1/s1. The zero-order chi connectivity index (χ0) is 17.0. The molecule has 0 aliphatic carbocycles. The van der Waals surface area contributed by atoms with E-state index in [4.69, 9.17) is 10.5 Å². The van der Waals surface area contributed by atoms with Crippen LogP contribution in [0.15, 0.2) is 46.9 Å². The van der Waals surface area contributed by atoms with Gasteiger partial charge < -0.3 is 15.8 Å². The predicted molar refractivity (Wildman–Crippen MR) is 92.6 cm³/mol. The molecule has 0 saturated heterocycles. The van der Waals surface area contributed by atoms with Crippen LogP contribution in [0.5, 0.6) is 5.75 Å². The van der Waals surface area contributed by atoms with Crippen LogP contribution in [0.2, 0.25) is 0 Å². The highest BCUT2D eigenvalue weighted by atomic mass is 79.9. The van der Waals surface area contributed by atoms with E-state index in [0.717, 1.165) is 10.0 Å². The van der Waals surface area contributed by atoms with E-state index < -0.39 is 12.0 Å². The molecule has 6 heteroatoms. The maximum absolute atomic E-state index is 12.2. The summed E-state index contributed by atoms with van der Waals surface area (Å²) >= 11 is 3.41. The van der Waals surface area contributed by atoms with Crippen LogP contribution in [0, 0.1) is 6.92 Å². The molecule has 0 bridgehead atoms. The fraction of sp³-hybridized carbons (Fsp3) is 0.176. The molecule has 3 N–H and O–H groups in total. The van der Waals surface area contributed by atoms with Crippen molar-refractivity contribution in [2.45, 2.75) is 20.0 Å². The second kappa shape index (κ2) is 7.28. The highest BCUT2D eigenvalue weighted by Crippen LogP contribution is 2.26. The van der Waals surface area contributed by atoms with E-state index in [0.29, 0.717) is 17.0 Å². The van der Waals surface area contributed by atoms with Gasteiger partial charge in [-0.3, -0.25) is 9.59 Å². The Morgan fingerprint density at radius 2 is 1.83 bits per heavy atom. The average Bonchev–Trinajstić information content (AvgIpc) is 2.50. The van der Waals surface area contributed by atoms with E-state index in [1.807, 2.05) is 25.1 Å². The first kappa shape index (κ1) is 17.0. The van der Waals surface area contributed by atoms with Crippen LogP contribution >= 0.6 is 15.9 Å². The van der Waals surface area contributed by atoms with E-state index in [9.17, 15) is 9.59 Å². The smallest absolute Gasteiger partial charge is 0.265 e. The van der Waals surface area contributed by atoms with Gasteiger partial charge in [-0.2, -0.15) is 0 Å². The minimum atomic E-state index is -0.676. The van der Waals surface area contributed by atoms with Gasteiger partial charge in [-0.25, -0.2) is 0 Å². The lowest BCUT2D eigenvalue weighted by molar-refractivity contribution is -0.122.